The Hall–Kier alpha value is -3.17. The number of aryl methyl sites for hydroxylation is 3. The molecule has 0 amide bonds. The minimum atomic E-state index is -0.467. The first-order valence-electron chi connectivity index (χ1n) is 6.20. The van der Waals surface area contributed by atoms with Gasteiger partial charge in [-0.1, -0.05) is 0 Å². The highest BCUT2D eigenvalue weighted by Crippen LogP contribution is 2.00. The third kappa shape index (κ3) is 2.80. The van der Waals surface area contributed by atoms with Crippen molar-refractivity contribution in [1.82, 2.24) is 29.1 Å². The minimum Gasteiger partial charge on any atom is -0.328 e. The molecule has 3 N–H and O–H groups in total. The molecule has 3 rings (SSSR count). The normalized spacial score (nSPS) is 10.3. The zero-order valence-electron chi connectivity index (χ0n) is 12.1. The summed E-state index contributed by atoms with van der Waals surface area (Å²) in [6.07, 6.45) is 2.88. The minimum absolute atomic E-state index is 0.334. The molecule has 0 fully saturated rings. The number of hydrogen-bond donors (Lipinski definition) is 3. The van der Waals surface area contributed by atoms with Gasteiger partial charge in [-0.3, -0.25) is 24.1 Å². The van der Waals surface area contributed by atoms with Gasteiger partial charge in [0.1, 0.15) is 0 Å². The van der Waals surface area contributed by atoms with Gasteiger partial charge in [0.15, 0.2) is 11.2 Å². The van der Waals surface area contributed by atoms with Gasteiger partial charge < -0.3 is 9.55 Å². The molecule has 0 radical (unpaired) electrons. The molecule has 0 aliphatic rings. The van der Waals surface area contributed by atoms with Crippen LogP contribution in [0.25, 0.3) is 11.2 Å². The fourth-order valence-corrected chi connectivity index (χ4v) is 1.74. The molecule has 116 valence electrons. The number of hydrogen-bond acceptors (Lipinski definition) is 5. The molecule has 0 bridgehead atoms. The highest BCUT2D eigenvalue weighted by atomic mass is 16.2. The number of H-pyrrole nitrogens is 3. The predicted octanol–water partition coefficient (Wildman–Crippen LogP) is -1.67. The Bertz CT molecular complexity index is 1050. The maximum Gasteiger partial charge on any atom is 0.329 e. The quantitative estimate of drug-likeness (QED) is 0.456. The lowest BCUT2D eigenvalue weighted by atomic mass is 10.4. The van der Waals surface area contributed by atoms with Crippen molar-refractivity contribution in [2.45, 2.75) is 6.92 Å². The van der Waals surface area contributed by atoms with Crippen LogP contribution < -0.4 is 22.5 Å². The molecule has 10 heteroatoms. The fourth-order valence-electron chi connectivity index (χ4n) is 1.74. The van der Waals surface area contributed by atoms with Gasteiger partial charge in [0.05, 0.1) is 6.33 Å². The topological polar surface area (TPSA) is 138 Å². The van der Waals surface area contributed by atoms with Crippen molar-refractivity contribution in [3.63, 3.8) is 0 Å². The second-order valence-electron chi connectivity index (χ2n) is 4.60. The van der Waals surface area contributed by atoms with E-state index in [2.05, 4.69) is 19.9 Å². The van der Waals surface area contributed by atoms with E-state index in [0.717, 1.165) is 0 Å². The van der Waals surface area contributed by atoms with Gasteiger partial charge in [0, 0.05) is 25.9 Å². The lowest BCUT2D eigenvalue weighted by molar-refractivity contribution is 0.829. The Balaban J connectivity index is 0.000000172. The molecule has 3 aromatic rings. The maximum absolute atomic E-state index is 11.3. The smallest absolute Gasteiger partial charge is 0.328 e. The Morgan fingerprint density at radius 2 is 1.73 bits per heavy atom. The summed E-state index contributed by atoms with van der Waals surface area (Å²) in [6.45, 7) is 1.62. The number of rotatable bonds is 0. The van der Waals surface area contributed by atoms with Gasteiger partial charge in [0.2, 0.25) is 0 Å². The number of nitrogens with one attached hydrogen (secondary N) is 3. The zero-order valence-corrected chi connectivity index (χ0v) is 12.1. The van der Waals surface area contributed by atoms with Crippen LogP contribution in [0.5, 0.6) is 0 Å². The average Bonchev–Trinajstić information content (AvgIpc) is 2.84. The SMILES string of the molecule is Cc1c[nH]c(=O)[nH]c1=O.Cn1cnc2c1c(=O)[nH]c(=O)n2C. The Morgan fingerprint density at radius 1 is 1.05 bits per heavy atom. The van der Waals surface area contributed by atoms with Crippen molar-refractivity contribution in [3.8, 4) is 0 Å². The molecule has 3 aromatic heterocycles. The first kappa shape index (κ1) is 15.2. The van der Waals surface area contributed by atoms with Crippen LogP contribution in [-0.4, -0.2) is 29.1 Å². The number of nitrogens with zero attached hydrogens (tertiary/aromatic N) is 3. The summed E-state index contributed by atoms with van der Waals surface area (Å²) in [7, 11) is 3.27. The van der Waals surface area contributed by atoms with Crippen LogP contribution in [0.1, 0.15) is 5.56 Å². The average molecular weight is 306 g/mol. The Labute approximate surface area is 122 Å². The van der Waals surface area contributed by atoms with Crippen LogP contribution in [0, 0.1) is 6.92 Å². The summed E-state index contributed by atoms with van der Waals surface area (Å²) in [6, 6.07) is 0. The molecule has 0 aromatic carbocycles. The van der Waals surface area contributed by atoms with Gasteiger partial charge >= 0.3 is 11.4 Å². The second kappa shape index (κ2) is 5.68. The van der Waals surface area contributed by atoms with Crippen molar-refractivity contribution in [3.05, 3.63) is 59.8 Å². The second-order valence-corrected chi connectivity index (χ2v) is 4.60. The molecule has 22 heavy (non-hydrogen) atoms. The lowest BCUT2D eigenvalue weighted by Crippen LogP contribution is -2.28. The Morgan fingerprint density at radius 3 is 2.32 bits per heavy atom. The molecule has 0 unspecified atom stereocenters. The van der Waals surface area contributed by atoms with Crippen LogP contribution in [0.2, 0.25) is 0 Å². The predicted molar refractivity (Wildman–Crippen MR) is 79.0 cm³/mol. The van der Waals surface area contributed by atoms with E-state index in [0.29, 0.717) is 16.7 Å². The molecule has 3 heterocycles. The van der Waals surface area contributed by atoms with Gasteiger partial charge in [-0.15, -0.1) is 0 Å². The van der Waals surface area contributed by atoms with Crippen molar-refractivity contribution in [2.75, 3.05) is 0 Å². The zero-order chi connectivity index (χ0) is 16.4. The van der Waals surface area contributed by atoms with Gasteiger partial charge in [-0.2, -0.15) is 0 Å². The van der Waals surface area contributed by atoms with Crippen molar-refractivity contribution in [1.29, 1.82) is 0 Å². The highest BCUT2D eigenvalue weighted by molar-refractivity contribution is 5.69. The van der Waals surface area contributed by atoms with Crippen LogP contribution in [0.15, 0.2) is 31.7 Å². The monoisotopic (exact) mass is 306 g/mol. The van der Waals surface area contributed by atoms with Crippen molar-refractivity contribution >= 4 is 11.2 Å². The highest BCUT2D eigenvalue weighted by Gasteiger charge is 2.08. The number of imidazole rings is 1. The molecule has 0 aliphatic carbocycles. The van der Waals surface area contributed by atoms with Crippen LogP contribution in [0.3, 0.4) is 0 Å². The summed E-state index contributed by atoms with van der Waals surface area (Å²) < 4.78 is 2.88. The summed E-state index contributed by atoms with van der Waals surface area (Å²) >= 11 is 0. The summed E-state index contributed by atoms with van der Waals surface area (Å²) in [5.74, 6) is 0. The molecule has 10 nitrogen and oxygen atoms in total. The third-order valence-electron chi connectivity index (χ3n) is 2.98. The Kier molecular flexibility index (Phi) is 3.93. The summed E-state index contributed by atoms with van der Waals surface area (Å²) in [4.78, 5) is 53.9. The number of aromatic nitrogens is 6. The molecule has 0 saturated carbocycles. The standard InChI is InChI=1S/C7H8N4O2.C5H6N2O2/c1-10-3-8-5-4(10)6(12)9-7(13)11(5)2;1-3-2-6-5(9)7-4(3)8/h3H,1-2H3,(H,9,12,13);2H,1H3,(H2,6,7,8,9). The van der Waals surface area contributed by atoms with Crippen LogP contribution in [0.4, 0.5) is 0 Å². The van der Waals surface area contributed by atoms with E-state index in [1.54, 1.807) is 25.6 Å². The van der Waals surface area contributed by atoms with Crippen LogP contribution >= 0.6 is 0 Å². The first-order valence-corrected chi connectivity index (χ1v) is 6.20. The summed E-state index contributed by atoms with van der Waals surface area (Å²) in [5, 5.41) is 0. The van der Waals surface area contributed by atoms with E-state index in [1.165, 1.54) is 17.1 Å². The maximum atomic E-state index is 11.3. The van der Waals surface area contributed by atoms with E-state index in [-0.39, 0.29) is 5.56 Å². The van der Waals surface area contributed by atoms with Crippen LogP contribution in [-0.2, 0) is 14.1 Å². The lowest BCUT2D eigenvalue weighted by Gasteiger charge is -1.97. The van der Waals surface area contributed by atoms with Crippen molar-refractivity contribution in [2.24, 2.45) is 14.1 Å². The molecular weight excluding hydrogens is 292 g/mol. The van der Waals surface area contributed by atoms with E-state index in [1.807, 2.05) is 0 Å². The van der Waals surface area contributed by atoms with E-state index in [9.17, 15) is 19.2 Å². The third-order valence-corrected chi connectivity index (χ3v) is 2.98. The molecule has 0 saturated heterocycles. The van der Waals surface area contributed by atoms with Gasteiger partial charge in [-0.05, 0) is 6.92 Å². The van der Waals surface area contributed by atoms with E-state index < -0.39 is 16.9 Å². The van der Waals surface area contributed by atoms with E-state index >= 15 is 0 Å². The van der Waals surface area contributed by atoms with Gasteiger partial charge in [0.25, 0.3) is 11.1 Å². The first-order chi connectivity index (χ1) is 10.3. The fraction of sp³-hybridized carbons (Fsp3) is 0.250. The molecule has 0 spiro atoms. The summed E-state index contributed by atoms with van der Waals surface area (Å²) in [5.41, 5.74) is -0.341. The van der Waals surface area contributed by atoms with E-state index in [4.69, 9.17) is 0 Å². The largest absolute Gasteiger partial charge is 0.329 e. The van der Waals surface area contributed by atoms with Gasteiger partial charge in [-0.25, -0.2) is 14.6 Å². The molecule has 0 aliphatic heterocycles. The number of aromatic amines is 3. The molecule has 0 atom stereocenters. The molecular formula is C12H14N6O4. The van der Waals surface area contributed by atoms with Crippen molar-refractivity contribution < 1.29 is 0 Å². The number of fused-ring (bicyclic) bond motifs is 1.